The van der Waals surface area contributed by atoms with E-state index >= 15 is 0 Å². The van der Waals surface area contributed by atoms with Gasteiger partial charge in [0, 0.05) is 12.2 Å². The van der Waals surface area contributed by atoms with Gasteiger partial charge in [0.05, 0.1) is 0 Å². The summed E-state index contributed by atoms with van der Waals surface area (Å²) in [6.45, 7) is 4.06. The Balaban J connectivity index is 2.94. The highest BCUT2D eigenvalue weighted by Gasteiger charge is 1.99. The fourth-order valence-corrected chi connectivity index (χ4v) is 0.821. The van der Waals surface area contributed by atoms with Gasteiger partial charge < -0.3 is 9.67 Å². The van der Waals surface area contributed by atoms with Gasteiger partial charge in [0.25, 0.3) is 0 Å². The van der Waals surface area contributed by atoms with Crippen LogP contribution in [0.1, 0.15) is 19.9 Å². The standard InChI is InChI=1S/C7H11NO/c1-6(2)8-5-3-4-7(8)9/h3-6,9H,1-2H3. The lowest BCUT2D eigenvalue weighted by Crippen LogP contribution is -1.96. The molecule has 1 heterocycles. The van der Waals surface area contributed by atoms with Crippen molar-refractivity contribution in [1.29, 1.82) is 0 Å². The number of nitrogens with zero attached hydrogens (tertiary/aromatic N) is 1. The number of aromatic nitrogens is 1. The molecular weight excluding hydrogens is 114 g/mol. The second-order valence-electron chi connectivity index (χ2n) is 2.37. The summed E-state index contributed by atoms with van der Waals surface area (Å²) in [4.78, 5) is 0. The molecule has 0 aliphatic heterocycles. The largest absolute Gasteiger partial charge is 0.494 e. The van der Waals surface area contributed by atoms with Crippen LogP contribution >= 0.6 is 0 Å². The van der Waals surface area contributed by atoms with Crippen molar-refractivity contribution in [2.75, 3.05) is 0 Å². The average molecular weight is 125 g/mol. The zero-order valence-electron chi connectivity index (χ0n) is 5.70. The Kier molecular flexibility index (Phi) is 1.47. The monoisotopic (exact) mass is 125 g/mol. The molecule has 0 radical (unpaired) electrons. The molecule has 0 aromatic carbocycles. The number of aromatic hydroxyl groups is 1. The summed E-state index contributed by atoms with van der Waals surface area (Å²) in [5, 5.41) is 9.08. The van der Waals surface area contributed by atoms with E-state index in [1.165, 1.54) is 0 Å². The summed E-state index contributed by atoms with van der Waals surface area (Å²) < 4.78 is 1.81. The Bertz CT molecular complexity index is 191. The first-order chi connectivity index (χ1) is 4.22. The minimum absolute atomic E-state index is 0.338. The highest BCUT2D eigenvalue weighted by atomic mass is 16.3. The molecule has 0 fully saturated rings. The average Bonchev–Trinajstić information content (AvgIpc) is 2.13. The van der Waals surface area contributed by atoms with Gasteiger partial charge in [0.1, 0.15) is 0 Å². The fourth-order valence-electron chi connectivity index (χ4n) is 0.821. The molecule has 2 heteroatoms. The molecule has 0 bridgehead atoms. The van der Waals surface area contributed by atoms with Crippen molar-refractivity contribution in [1.82, 2.24) is 4.57 Å². The smallest absolute Gasteiger partial charge is 0.191 e. The zero-order valence-corrected chi connectivity index (χ0v) is 5.70. The first-order valence-electron chi connectivity index (χ1n) is 3.07. The third kappa shape index (κ3) is 1.07. The fraction of sp³-hybridized carbons (Fsp3) is 0.429. The first kappa shape index (κ1) is 6.20. The Hall–Kier alpha value is -0.920. The van der Waals surface area contributed by atoms with Crippen LogP contribution in [-0.2, 0) is 0 Å². The van der Waals surface area contributed by atoms with E-state index in [2.05, 4.69) is 0 Å². The third-order valence-corrected chi connectivity index (χ3v) is 1.31. The summed E-state index contributed by atoms with van der Waals surface area (Å²) in [6, 6.07) is 3.86. The molecule has 0 unspecified atom stereocenters. The van der Waals surface area contributed by atoms with E-state index in [9.17, 15) is 0 Å². The second-order valence-corrected chi connectivity index (χ2v) is 2.37. The molecule has 1 rings (SSSR count). The van der Waals surface area contributed by atoms with Gasteiger partial charge in [0.15, 0.2) is 5.88 Å². The molecule has 2 nitrogen and oxygen atoms in total. The van der Waals surface area contributed by atoms with E-state index < -0.39 is 0 Å². The Morgan fingerprint density at radius 2 is 2.22 bits per heavy atom. The van der Waals surface area contributed by atoms with Crippen LogP contribution in [0.15, 0.2) is 18.3 Å². The Labute approximate surface area is 54.7 Å². The minimum Gasteiger partial charge on any atom is -0.494 e. The minimum atomic E-state index is 0.338. The predicted molar refractivity (Wildman–Crippen MR) is 36.5 cm³/mol. The van der Waals surface area contributed by atoms with Crippen molar-refractivity contribution in [2.45, 2.75) is 19.9 Å². The van der Waals surface area contributed by atoms with Gasteiger partial charge in [-0.1, -0.05) is 0 Å². The number of hydrogen-bond acceptors (Lipinski definition) is 1. The Morgan fingerprint density at radius 1 is 1.56 bits per heavy atom. The molecule has 1 aromatic rings. The normalized spacial score (nSPS) is 10.6. The van der Waals surface area contributed by atoms with E-state index in [-0.39, 0.29) is 0 Å². The van der Waals surface area contributed by atoms with Crippen LogP contribution < -0.4 is 0 Å². The van der Waals surface area contributed by atoms with E-state index in [1.54, 1.807) is 10.6 Å². The lowest BCUT2D eigenvalue weighted by Gasteiger charge is -2.06. The van der Waals surface area contributed by atoms with Crippen molar-refractivity contribution >= 4 is 0 Å². The molecular formula is C7H11NO. The van der Waals surface area contributed by atoms with Gasteiger partial charge in [-0.2, -0.15) is 0 Å². The molecule has 0 spiro atoms. The van der Waals surface area contributed by atoms with Crippen LogP contribution in [0.3, 0.4) is 0 Å². The van der Waals surface area contributed by atoms with E-state index in [1.807, 2.05) is 26.1 Å². The highest BCUT2D eigenvalue weighted by Crippen LogP contribution is 2.15. The topological polar surface area (TPSA) is 25.2 Å². The number of hydrogen-bond donors (Lipinski definition) is 1. The molecule has 9 heavy (non-hydrogen) atoms. The maximum absolute atomic E-state index is 9.08. The summed E-state index contributed by atoms with van der Waals surface area (Å²) >= 11 is 0. The van der Waals surface area contributed by atoms with Gasteiger partial charge in [0.2, 0.25) is 0 Å². The van der Waals surface area contributed by atoms with Crippen LogP contribution in [0.2, 0.25) is 0 Å². The molecule has 0 atom stereocenters. The summed E-state index contributed by atoms with van der Waals surface area (Å²) in [5.41, 5.74) is 0. The molecule has 0 saturated heterocycles. The quantitative estimate of drug-likeness (QED) is 0.608. The van der Waals surface area contributed by atoms with Crippen molar-refractivity contribution in [3.8, 4) is 5.88 Å². The van der Waals surface area contributed by atoms with Crippen LogP contribution in [0.5, 0.6) is 5.88 Å². The first-order valence-corrected chi connectivity index (χ1v) is 3.07. The molecule has 1 aromatic heterocycles. The molecule has 0 aliphatic carbocycles. The van der Waals surface area contributed by atoms with E-state index in [0.29, 0.717) is 11.9 Å². The molecule has 0 saturated carbocycles. The van der Waals surface area contributed by atoms with Crippen molar-refractivity contribution in [2.24, 2.45) is 0 Å². The van der Waals surface area contributed by atoms with Gasteiger partial charge in [-0.3, -0.25) is 0 Å². The second kappa shape index (κ2) is 2.13. The van der Waals surface area contributed by atoms with Gasteiger partial charge >= 0.3 is 0 Å². The van der Waals surface area contributed by atoms with E-state index in [0.717, 1.165) is 0 Å². The van der Waals surface area contributed by atoms with Gasteiger partial charge in [-0.25, -0.2) is 0 Å². The van der Waals surface area contributed by atoms with Gasteiger partial charge in [-0.05, 0) is 26.0 Å². The summed E-state index contributed by atoms with van der Waals surface area (Å²) in [6.07, 6.45) is 1.86. The highest BCUT2D eigenvalue weighted by molar-refractivity contribution is 5.12. The van der Waals surface area contributed by atoms with Crippen LogP contribution in [0.4, 0.5) is 0 Å². The lowest BCUT2D eigenvalue weighted by atomic mass is 10.4. The maximum Gasteiger partial charge on any atom is 0.191 e. The summed E-state index contributed by atoms with van der Waals surface area (Å²) in [5.74, 6) is 0.338. The van der Waals surface area contributed by atoms with Crippen molar-refractivity contribution < 1.29 is 5.11 Å². The maximum atomic E-state index is 9.08. The van der Waals surface area contributed by atoms with Crippen LogP contribution in [-0.4, -0.2) is 9.67 Å². The third-order valence-electron chi connectivity index (χ3n) is 1.31. The van der Waals surface area contributed by atoms with Crippen LogP contribution in [0, 0.1) is 0 Å². The SMILES string of the molecule is CC(C)n1cccc1O. The van der Waals surface area contributed by atoms with E-state index in [4.69, 9.17) is 5.11 Å². The predicted octanol–water partition coefficient (Wildman–Crippen LogP) is 1.77. The number of rotatable bonds is 1. The molecule has 50 valence electrons. The summed E-state index contributed by atoms with van der Waals surface area (Å²) in [7, 11) is 0. The zero-order chi connectivity index (χ0) is 6.85. The molecule has 1 N–H and O–H groups in total. The van der Waals surface area contributed by atoms with Crippen LogP contribution in [0.25, 0.3) is 0 Å². The Morgan fingerprint density at radius 3 is 2.44 bits per heavy atom. The van der Waals surface area contributed by atoms with Crippen molar-refractivity contribution in [3.63, 3.8) is 0 Å². The lowest BCUT2D eigenvalue weighted by molar-refractivity contribution is 0.400. The molecule has 0 amide bonds. The van der Waals surface area contributed by atoms with Crippen molar-refractivity contribution in [3.05, 3.63) is 18.3 Å². The molecule has 0 aliphatic rings. The van der Waals surface area contributed by atoms with Gasteiger partial charge in [-0.15, -0.1) is 0 Å².